The number of nitrogens with two attached hydrogens (primary N) is 1. The fraction of sp³-hybridized carbons (Fsp3) is 0.450. The lowest BCUT2D eigenvalue weighted by Crippen LogP contribution is -2.54. The molecule has 1 aliphatic rings. The summed E-state index contributed by atoms with van der Waals surface area (Å²) in [5, 5.41) is 8.17. The van der Waals surface area contributed by atoms with E-state index >= 15 is 0 Å². The van der Waals surface area contributed by atoms with E-state index in [2.05, 4.69) is 22.0 Å². The topological polar surface area (TPSA) is 81.3 Å². The molecule has 6 nitrogen and oxygen atoms in total. The molecule has 7 heteroatoms. The average Bonchev–Trinajstić information content (AvgIpc) is 2.62. The Balaban J connectivity index is 1.69. The van der Waals surface area contributed by atoms with Crippen LogP contribution >= 0.6 is 0 Å². The molecule has 1 saturated heterocycles. The van der Waals surface area contributed by atoms with Gasteiger partial charge in [-0.3, -0.25) is 9.69 Å². The lowest BCUT2D eigenvalue weighted by Gasteiger charge is -2.44. The highest BCUT2D eigenvalue weighted by atomic mass is 19.1. The minimum atomic E-state index is -0.754. The number of benzene rings is 1. The molecule has 0 saturated carbocycles. The molecule has 0 spiro atoms. The zero-order valence-electron chi connectivity index (χ0n) is 15.7. The van der Waals surface area contributed by atoms with Gasteiger partial charge in [-0.15, -0.1) is 5.10 Å². The van der Waals surface area contributed by atoms with Gasteiger partial charge in [0.2, 0.25) is 5.88 Å². The van der Waals surface area contributed by atoms with Gasteiger partial charge in [-0.25, -0.2) is 4.39 Å². The van der Waals surface area contributed by atoms with Crippen LogP contribution in [-0.2, 0) is 6.42 Å². The fourth-order valence-electron chi connectivity index (χ4n) is 3.46. The molecule has 1 aromatic heterocycles. The third-order valence-electron chi connectivity index (χ3n) is 5.05. The van der Waals surface area contributed by atoms with Crippen LogP contribution in [0.15, 0.2) is 30.3 Å². The predicted octanol–water partition coefficient (Wildman–Crippen LogP) is 2.85. The third-order valence-corrected chi connectivity index (χ3v) is 5.05. The summed E-state index contributed by atoms with van der Waals surface area (Å²) in [7, 11) is 0. The van der Waals surface area contributed by atoms with E-state index in [-0.39, 0.29) is 5.56 Å². The first-order valence-corrected chi connectivity index (χ1v) is 9.20. The van der Waals surface area contributed by atoms with Crippen molar-refractivity contribution in [1.82, 2.24) is 15.1 Å². The highest BCUT2D eigenvalue weighted by molar-refractivity contribution is 5.93. The van der Waals surface area contributed by atoms with E-state index in [0.717, 1.165) is 37.1 Å². The van der Waals surface area contributed by atoms with Crippen molar-refractivity contribution in [3.63, 3.8) is 0 Å². The van der Waals surface area contributed by atoms with Crippen LogP contribution in [0, 0.1) is 12.7 Å². The Hall–Kier alpha value is -2.54. The van der Waals surface area contributed by atoms with Gasteiger partial charge in [0, 0.05) is 25.6 Å². The lowest BCUT2D eigenvalue weighted by molar-refractivity contribution is -0.0981. The third kappa shape index (κ3) is 4.60. The molecule has 2 heterocycles. The standard InChI is InChI=1S/C20H25FN4O2/c1-14-5-8-18(24-23-14)27-20(2)10-3-4-11-25(20)12-9-15-6-7-16(19(22)26)17(21)13-15/h5-8,13H,3-4,9-12H2,1-2H3,(H2,22,26). The molecular formula is C20H25FN4O2. The molecule has 1 unspecified atom stereocenters. The first kappa shape index (κ1) is 19.2. The summed E-state index contributed by atoms with van der Waals surface area (Å²) in [6, 6.07) is 8.28. The summed E-state index contributed by atoms with van der Waals surface area (Å²) in [6.07, 6.45) is 3.70. The van der Waals surface area contributed by atoms with E-state index in [4.69, 9.17) is 10.5 Å². The molecule has 0 aliphatic carbocycles. The lowest BCUT2D eigenvalue weighted by atomic mass is 9.98. The van der Waals surface area contributed by atoms with Gasteiger partial charge < -0.3 is 10.5 Å². The van der Waals surface area contributed by atoms with Crippen LogP contribution in [0.1, 0.15) is 47.8 Å². The van der Waals surface area contributed by atoms with Gasteiger partial charge in [0.15, 0.2) is 5.72 Å². The van der Waals surface area contributed by atoms with Gasteiger partial charge in [0.25, 0.3) is 5.91 Å². The first-order valence-electron chi connectivity index (χ1n) is 9.20. The largest absolute Gasteiger partial charge is 0.455 e. The smallest absolute Gasteiger partial charge is 0.251 e. The molecule has 3 rings (SSSR count). The van der Waals surface area contributed by atoms with Crippen molar-refractivity contribution in [3.8, 4) is 5.88 Å². The van der Waals surface area contributed by atoms with Crippen LogP contribution in [0.25, 0.3) is 0 Å². The number of rotatable bonds is 6. The van der Waals surface area contributed by atoms with Crippen LogP contribution in [0.3, 0.4) is 0 Å². The van der Waals surface area contributed by atoms with E-state index < -0.39 is 17.4 Å². The van der Waals surface area contributed by atoms with E-state index in [0.29, 0.717) is 18.8 Å². The molecule has 1 atom stereocenters. The zero-order chi connectivity index (χ0) is 19.4. The number of hydrogen-bond donors (Lipinski definition) is 1. The molecule has 1 amide bonds. The number of carbonyl (C=O) groups excluding carboxylic acids is 1. The Morgan fingerprint density at radius 2 is 2.11 bits per heavy atom. The highest BCUT2D eigenvalue weighted by Gasteiger charge is 2.36. The van der Waals surface area contributed by atoms with Gasteiger partial charge in [0.1, 0.15) is 5.82 Å². The Kier molecular flexibility index (Phi) is 5.70. The number of carbonyl (C=O) groups is 1. The summed E-state index contributed by atoms with van der Waals surface area (Å²) in [5.74, 6) is -0.824. The molecule has 27 heavy (non-hydrogen) atoms. The molecular weight excluding hydrogens is 347 g/mol. The number of halogens is 1. The summed E-state index contributed by atoms with van der Waals surface area (Å²) < 4.78 is 20.2. The summed E-state index contributed by atoms with van der Waals surface area (Å²) in [6.45, 7) is 5.56. The number of hydrogen-bond acceptors (Lipinski definition) is 5. The van der Waals surface area contributed by atoms with E-state index in [1.807, 2.05) is 19.1 Å². The quantitative estimate of drug-likeness (QED) is 0.843. The molecule has 1 aromatic carbocycles. The van der Waals surface area contributed by atoms with E-state index in [1.165, 1.54) is 12.1 Å². The Morgan fingerprint density at radius 1 is 1.30 bits per heavy atom. The van der Waals surface area contributed by atoms with Crippen LogP contribution in [0.5, 0.6) is 5.88 Å². The van der Waals surface area contributed by atoms with Crippen molar-refractivity contribution in [2.24, 2.45) is 5.73 Å². The molecule has 2 N–H and O–H groups in total. The Labute approximate surface area is 158 Å². The maximum atomic E-state index is 14.0. The van der Waals surface area contributed by atoms with Gasteiger partial charge in [0.05, 0.1) is 11.3 Å². The highest BCUT2D eigenvalue weighted by Crippen LogP contribution is 2.30. The number of aromatic nitrogens is 2. The van der Waals surface area contributed by atoms with Crippen LogP contribution in [-0.4, -0.2) is 39.8 Å². The summed E-state index contributed by atoms with van der Waals surface area (Å²) >= 11 is 0. The Bertz CT molecular complexity index is 812. The average molecular weight is 372 g/mol. The van der Waals surface area contributed by atoms with E-state index in [1.54, 1.807) is 6.07 Å². The summed E-state index contributed by atoms with van der Waals surface area (Å²) in [4.78, 5) is 13.4. The van der Waals surface area contributed by atoms with Crippen molar-refractivity contribution >= 4 is 5.91 Å². The van der Waals surface area contributed by atoms with Crippen molar-refractivity contribution < 1.29 is 13.9 Å². The SMILES string of the molecule is Cc1ccc(OC2(C)CCCCN2CCc2ccc(C(N)=O)c(F)c2)nn1. The van der Waals surface area contributed by atoms with Crippen LogP contribution < -0.4 is 10.5 Å². The van der Waals surface area contributed by atoms with Gasteiger partial charge in [-0.05, 0) is 56.9 Å². The second-order valence-corrected chi connectivity index (χ2v) is 7.16. The zero-order valence-corrected chi connectivity index (χ0v) is 15.7. The number of piperidine rings is 1. The van der Waals surface area contributed by atoms with Gasteiger partial charge in [-0.1, -0.05) is 6.07 Å². The number of nitrogens with zero attached hydrogens (tertiary/aromatic N) is 3. The van der Waals surface area contributed by atoms with Crippen LogP contribution in [0.4, 0.5) is 4.39 Å². The summed E-state index contributed by atoms with van der Waals surface area (Å²) in [5.41, 5.74) is 6.26. The van der Waals surface area contributed by atoms with Crippen LogP contribution in [0.2, 0.25) is 0 Å². The first-order chi connectivity index (χ1) is 12.9. The van der Waals surface area contributed by atoms with E-state index in [9.17, 15) is 9.18 Å². The van der Waals surface area contributed by atoms with Gasteiger partial charge in [-0.2, -0.15) is 5.10 Å². The van der Waals surface area contributed by atoms with Crippen molar-refractivity contribution in [2.75, 3.05) is 13.1 Å². The second-order valence-electron chi connectivity index (χ2n) is 7.16. The molecule has 1 fully saturated rings. The van der Waals surface area contributed by atoms with Crippen molar-refractivity contribution in [1.29, 1.82) is 0 Å². The molecule has 144 valence electrons. The molecule has 1 aliphatic heterocycles. The minimum absolute atomic E-state index is 0.0807. The molecule has 0 radical (unpaired) electrons. The number of likely N-dealkylation sites (tertiary alicyclic amines) is 1. The fourth-order valence-corrected chi connectivity index (χ4v) is 3.46. The predicted molar refractivity (Wildman–Crippen MR) is 99.8 cm³/mol. The Morgan fingerprint density at radius 3 is 2.78 bits per heavy atom. The number of primary amides is 1. The monoisotopic (exact) mass is 372 g/mol. The van der Waals surface area contributed by atoms with Crippen molar-refractivity contribution in [3.05, 3.63) is 53.0 Å². The number of amides is 1. The van der Waals surface area contributed by atoms with Gasteiger partial charge >= 0.3 is 0 Å². The maximum Gasteiger partial charge on any atom is 0.251 e. The number of ether oxygens (including phenoxy) is 1. The van der Waals surface area contributed by atoms with Crippen molar-refractivity contribution in [2.45, 2.75) is 45.3 Å². The molecule has 0 bridgehead atoms. The minimum Gasteiger partial charge on any atom is -0.455 e. The normalized spacial score (nSPS) is 20.4. The number of aryl methyl sites for hydroxylation is 1. The molecule has 2 aromatic rings. The second kappa shape index (κ2) is 8.00. The maximum absolute atomic E-state index is 14.0.